The van der Waals surface area contributed by atoms with E-state index in [0.29, 0.717) is 17.8 Å². The molecular formula is C31H35FN7P. The van der Waals surface area contributed by atoms with Crippen molar-refractivity contribution in [3.05, 3.63) is 83.7 Å². The Hall–Kier alpha value is -3.63. The normalized spacial score (nSPS) is 17.0. The summed E-state index contributed by atoms with van der Waals surface area (Å²) in [4.78, 5) is 16.4. The molecule has 206 valence electrons. The quantitative estimate of drug-likeness (QED) is 0.348. The molecule has 2 N–H and O–H groups in total. The minimum absolute atomic E-state index is 0.156. The molecule has 1 aromatic carbocycles. The maximum absolute atomic E-state index is 14.3. The first-order valence-corrected chi connectivity index (χ1v) is 14.3. The van der Waals surface area contributed by atoms with E-state index in [1.807, 2.05) is 30.6 Å². The minimum atomic E-state index is -0.156. The van der Waals surface area contributed by atoms with Crippen molar-refractivity contribution in [3.63, 3.8) is 0 Å². The van der Waals surface area contributed by atoms with Crippen LogP contribution in [0.3, 0.4) is 0 Å². The number of anilines is 1. The zero-order valence-electron chi connectivity index (χ0n) is 22.9. The number of benzene rings is 1. The van der Waals surface area contributed by atoms with Crippen molar-refractivity contribution in [1.29, 1.82) is 5.26 Å². The van der Waals surface area contributed by atoms with E-state index in [9.17, 15) is 9.65 Å². The average molecular weight is 556 g/mol. The van der Waals surface area contributed by atoms with E-state index in [-0.39, 0.29) is 5.82 Å². The van der Waals surface area contributed by atoms with E-state index in [1.54, 1.807) is 6.07 Å². The molecule has 0 bridgehead atoms. The predicted molar refractivity (Wildman–Crippen MR) is 163 cm³/mol. The summed E-state index contributed by atoms with van der Waals surface area (Å²) in [5.74, 6) is 0.744. The summed E-state index contributed by atoms with van der Waals surface area (Å²) in [6.07, 6.45) is 8.24. The van der Waals surface area contributed by atoms with Crippen LogP contribution in [0.25, 0.3) is 22.3 Å². The fourth-order valence-electron chi connectivity index (χ4n) is 5.34. The van der Waals surface area contributed by atoms with E-state index in [4.69, 9.17) is 10.7 Å². The third-order valence-electron chi connectivity index (χ3n) is 7.83. The molecule has 1 unspecified atom stereocenters. The van der Waals surface area contributed by atoms with Gasteiger partial charge in [0.15, 0.2) is 0 Å². The Bertz CT molecular complexity index is 1430. The van der Waals surface area contributed by atoms with Crippen molar-refractivity contribution in [2.75, 3.05) is 50.7 Å². The van der Waals surface area contributed by atoms with Gasteiger partial charge in [-0.05, 0) is 53.7 Å². The Morgan fingerprint density at radius 2 is 1.88 bits per heavy atom. The van der Waals surface area contributed by atoms with Gasteiger partial charge >= 0.3 is 0 Å². The standard InChI is InChI=1S/C31H35FN7P/c1-2-37-10-8-22(9-11-37)24-16-26(31(36-20-24)25(17-33)18-34)23-6-7-30(35-19-23)39-14-12-38(13-15-39)21-27-28(32)4-3-5-29(27)40/h3-8,16-17,19-20H,2,9-15,21,33,40H2,1H3. The maximum Gasteiger partial charge on any atom is 0.128 e. The molecule has 4 heterocycles. The molecule has 2 aliphatic heterocycles. The van der Waals surface area contributed by atoms with Crippen LogP contribution in [0, 0.1) is 17.1 Å². The molecule has 5 rings (SSSR count). The molecule has 7 nitrogen and oxygen atoms in total. The van der Waals surface area contributed by atoms with Gasteiger partial charge in [0, 0.05) is 81.1 Å². The molecule has 0 saturated carbocycles. The van der Waals surface area contributed by atoms with Gasteiger partial charge in [0.1, 0.15) is 17.7 Å². The van der Waals surface area contributed by atoms with Gasteiger partial charge in [-0.1, -0.05) is 25.1 Å². The van der Waals surface area contributed by atoms with Gasteiger partial charge in [-0.2, -0.15) is 5.26 Å². The van der Waals surface area contributed by atoms with E-state index in [2.05, 4.69) is 54.1 Å². The number of nitrogens with zero attached hydrogens (tertiary/aromatic N) is 6. The number of pyridine rings is 2. The first-order chi connectivity index (χ1) is 19.5. The molecule has 2 aromatic heterocycles. The number of halogens is 1. The number of allylic oxidation sites excluding steroid dienone is 1. The predicted octanol–water partition coefficient (Wildman–Crippen LogP) is 4.04. The van der Waals surface area contributed by atoms with E-state index in [0.717, 1.165) is 85.6 Å². The molecule has 0 spiro atoms. The van der Waals surface area contributed by atoms with Gasteiger partial charge in [0.05, 0.1) is 11.3 Å². The number of hydrogen-bond donors (Lipinski definition) is 1. The Labute approximate surface area is 238 Å². The smallest absolute Gasteiger partial charge is 0.128 e. The lowest BCUT2D eigenvalue weighted by Crippen LogP contribution is -2.46. The van der Waals surface area contributed by atoms with Crippen LogP contribution in [0.4, 0.5) is 10.2 Å². The molecule has 1 saturated heterocycles. The Kier molecular flexibility index (Phi) is 8.86. The number of likely N-dealkylation sites (N-methyl/N-ethyl adjacent to an activating group) is 1. The van der Waals surface area contributed by atoms with E-state index < -0.39 is 0 Å². The molecule has 40 heavy (non-hydrogen) atoms. The Balaban J connectivity index is 1.33. The lowest BCUT2D eigenvalue weighted by atomic mass is 9.95. The van der Waals surface area contributed by atoms with Crippen molar-refractivity contribution < 1.29 is 4.39 Å². The van der Waals surface area contributed by atoms with Gasteiger partial charge < -0.3 is 10.6 Å². The lowest BCUT2D eigenvalue weighted by Gasteiger charge is -2.35. The first-order valence-electron chi connectivity index (χ1n) is 13.7. The molecule has 3 aromatic rings. The largest absolute Gasteiger partial charge is 0.403 e. The fourth-order valence-corrected chi connectivity index (χ4v) is 5.68. The average Bonchev–Trinajstić information content (AvgIpc) is 3.00. The molecule has 0 aliphatic carbocycles. The second-order valence-corrected chi connectivity index (χ2v) is 10.8. The highest BCUT2D eigenvalue weighted by Crippen LogP contribution is 2.32. The Morgan fingerprint density at radius 3 is 2.50 bits per heavy atom. The second kappa shape index (κ2) is 12.7. The topological polar surface area (TPSA) is 85.3 Å². The van der Waals surface area contributed by atoms with Crippen molar-refractivity contribution in [1.82, 2.24) is 19.8 Å². The number of rotatable bonds is 7. The second-order valence-electron chi connectivity index (χ2n) is 10.2. The molecule has 1 fully saturated rings. The van der Waals surface area contributed by atoms with Crippen molar-refractivity contribution in [2.45, 2.75) is 19.9 Å². The van der Waals surface area contributed by atoms with Crippen LogP contribution in [-0.4, -0.2) is 65.6 Å². The zero-order valence-corrected chi connectivity index (χ0v) is 24.0. The number of hydrogen-bond acceptors (Lipinski definition) is 7. The first kappa shape index (κ1) is 27.9. The monoisotopic (exact) mass is 555 g/mol. The van der Waals surface area contributed by atoms with E-state index in [1.165, 1.54) is 17.8 Å². The van der Waals surface area contributed by atoms with Gasteiger partial charge in [0.25, 0.3) is 0 Å². The highest BCUT2D eigenvalue weighted by atomic mass is 31.0. The summed E-state index contributed by atoms with van der Waals surface area (Å²) >= 11 is 0. The molecule has 9 heteroatoms. The highest BCUT2D eigenvalue weighted by molar-refractivity contribution is 7.27. The van der Waals surface area contributed by atoms with Crippen molar-refractivity contribution in [3.8, 4) is 17.2 Å². The van der Waals surface area contributed by atoms with Gasteiger partial charge in [-0.15, -0.1) is 9.24 Å². The minimum Gasteiger partial charge on any atom is -0.403 e. The molecule has 0 amide bonds. The summed E-state index contributed by atoms with van der Waals surface area (Å²) in [5.41, 5.74) is 11.5. The number of piperazine rings is 1. The third-order valence-corrected chi connectivity index (χ3v) is 8.37. The molecule has 1 atom stereocenters. The summed E-state index contributed by atoms with van der Waals surface area (Å²) in [6, 6.07) is 13.5. The Morgan fingerprint density at radius 1 is 1.07 bits per heavy atom. The van der Waals surface area contributed by atoms with Gasteiger partial charge in [0.2, 0.25) is 0 Å². The molecule has 2 aliphatic rings. The van der Waals surface area contributed by atoms with Gasteiger partial charge in [-0.25, -0.2) is 9.37 Å². The number of nitrogens with two attached hydrogens (primary N) is 1. The van der Waals surface area contributed by atoms with Crippen LogP contribution < -0.4 is 15.9 Å². The van der Waals surface area contributed by atoms with Crippen LogP contribution in [0.1, 0.15) is 30.2 Å². The summed E-state index contributed by atoms with van der Waals surface area (Å²) in [7, 11) is 2.64. The summed E-state index contributed by atoms with van der Waals surface area (Å²) in [5, 5.41) is 10.6. The number of aromatic nitrogens is 2. The van der Waals surface area contributed by atoms with Crippen LogP contribution in [0.15, 0.2) is 61.1 Å². The maximum atomic E-state index is 14.3. The van der Waals surface area contributed by atoms with Crippen LogP contribution in [0.2, 0.25) is 0 Å². The highest BCUT2D eigenvalue weighted by Gasteiger charge is 2.21. The van der Waals surface area contributed by atoms with E-state index >= 15 is 0 Å². The number of nitriles is 1. The SMILES string of the molecule is CCN1CC=C(c2cnc(C(C#N)=CN)c(-c3ccc(N4CCN(Cc5c(F)cccc5P)CC4)nc3)c2)CC1. The van der Waals surface area contributed by atoms with Gasteiger partial charge in [-0.3, -0.25) is 14.8 Å². The van der Waals surface area contributed by atoms with Crippen LogP contribution in [0.5, 0.6) is 0 Å². The summed E-state index contributed by atoms with van der Waals surface area (Å²) in [6.45, 7) is 9.05. The molecular weight excluding hydrogens is 520 g/mol. The van der Waals surface area contributed by atoms with Crippen LogP contribution >= 0.6 is 9.24 Å². The van der Waals surface area contributed by atoms with Crippen molar-refractivity contribution >= 4 is 31.5 Å². The molecule has 0 radical (unpaired) electrons. The van der Waals surface area contributed by atoms with Crippen molar-refractivity contribution in [2.24, 2.45) is 5.73 Å². The van der Waals surface area contributed by atoms with Crippen LogP contribution in [-0.2, 0) is 6.54 Å². The zero-order chi connectivity index (χ0) is 28.1. The fraction of sp³-hybridized carbons (Fsp3) is 0.323. The third kappa shape index (κ3) is 6.08. The summed E-state index contributed by atoms with van der Waals surface area (Å²) < 4.78 is 14.3. The lowest BCUT2D eigenvalue weighted by molar-refractivity contribution is 0.247.